The number of rotatable bonds is 4. The Kier molecular flexibility index (Phi) is 6.11. The van der Waals surface area contributed by atoms with E-state index >= 15 is 0 Å². The molecule has 0 saturated heterocycles. The molecule has 0 spiro atoms. The van der Waals surface area contributed by atoms with Gasteiger partial charge in [-0.15, -0.1) is 0 Å². The van der Waals surface area contributed by atoms with Crippen molar-refractivity contribution in [1.82, 2.24) is 0 Å². The minimum Gasteiger partial charge on any atom is -0.161 e. The van der Waals surface area contributed by atoms with Gasteiger partial charge in [0.25, 0.3) is 0 Å². The van der Waals surface area contributed by atoms with E-state index in [1.165, 1.54) is 50.0 Å². The summed E-state index contributed by atoms with van der Waals surface area (Å²) in [5.74, 6) is 8.72. The van der Waals surface area contributed by atoms with E-state index in [9.17, 15) is 0 Å². The highest BCUT2D eigenvalue weighted by Crippen LogP contribution is 2.40. The van der Waals surface area contributed by atoms with Gasteiger partial charge in [0, 0.05) is 0 Å². The van der Waals surface area contributed by atoms with E-state index in [1.54, 1.807) is 0 Å². The molecule has 2 saturated carbocycles. The van der Waals surface area contributed by atoms with Crippen molar-refractivity contribution in [2.45, 2.75) is 66.2 Å². The van der Waals surface area contributed by atoms with Crippen LogP contribution in [0.2, 0.25) is 0 Å². The fourth-order valence-electron chi connectivity index (χ4n) is 4.50. The lowest BCUT2D eigenvalue weighted by molar-refractivity contribution is 0.196. The van der Waals surface area contributed by atoms with Crippen molar-refractivity contribution in [3.05, 3.63) is 0 Å². The highest BCUT2D eigenvalue weighted by atomic mass is 32.2. The van der Waals surface area contributed by atoms with Gasteiger partial charge in [-0.25, -0.2) is 0 Å². The Morgan fingerprint density at radius 2 is 0.947 bits per heavy atom. The minimum absolute atomic E-state index is 0.970. The van der Waals surface area contributed by atoms with Crippen LogP contribution in [0.1, 0.15) is 66.2 Å². The second kappa shape index (κ2) is 7.38. The largest absolute Gasteiger partial charge is 0.161 e. The van der Waals surface area contributed by atoms with E-state index in [4.69, 9.17) is 0 Å². The molecule has 0 bridgehead atoms. The molecule has 2 aliphatic carbocycles. The van der Waals surface area contributed by atoms with E-state index in [0.29, 0.717) is 0 Å². The van der Waals surface area contributed by atoms with Gasteiger partial charge in [-0.1, -0.05) is 66.2 Å². The fourth-order valence-corrected chi connectivity index (χ4v) is 6.49. The van der Waals surface area contributed by atoms with Crippen molar-refractivity contribution in [2.24, 2.45) is 35.5 Å². The van der Waals surface area contributed by atoms with E-state index in [0.717, 1.165) is 35.5 Å². The van der Waals surface area contributed by atoms with Crippen molar-refractivity contribution in [1.29, 1.82) is 0 Å². The normalized spacial score (nSPS) is 44.2. The molecule has 2 rings (SSSR count). The maximum Gasteiger partial charge on any atom is -0.00339 e. The summed E-state index contributed by atoms with van der Waals surface area (Å²) in [5.41, 5.74) is 0. The summed E-state index contributed by atoms with van der Waals surface area (Å²) in [5, 5.41) is 0. The monoisotopic (exact) mass is 282 g/mol. The summed E-state index contributed by atoms with van der Waals surface area (Å²) in [7, 11) is 0. The van der Waals surface area contributed by atoms with Gasteiger partial charge < -0.3 is 0 Å². The standard InChI is InChI=1S/C18H34S/c1-13-7-5-8-14(2)17(13)11-19-12-18-15(3)9-6-10-16(18)4/h13-18H,5-12H2,1-4H3. The summed E-state index contributed by atoms with van der Waals surface area (Å²) < 4.78 is 0. The first-order chi connectivity index (χ1) is 9.09. The van der Waals surface area contributed by atoms with Crippen LogP contribution in [0.4, 0.5) is 0 Å². The number of thioether (sulfide) groups is 1. The molecular weight excluding hydrogens is 248 g/mol. The van der Waals surface area contributed by atoms with Gasteiger partial charge in [0.15, 0.2) is 0 Å². The summed E-state index contributed by atoms with van der Waals surface area (Å²) in [6, 6.07) is 0. The van der Waals surface area contributed by atoms with Crippen LogP contribution in [0.3, 0.4) is 0 Å². The molecule has 0 aliphatic heterocycles. The van der Waals surface area contributed by atoms with Crippen molar-refractivity contribution >= 4 is 11.8 Å². The first-order valence-electron chi connectivity index (χ1n) is 8.67. The first kappa shape index (κ1) is 15.7. The highest BCUT2D eigenvalue weighted by molar-refractivity contribution is 7.99. The second-order valence-electron chi connectivity index (χ2n) is 7.64. The molecule has 0 N–H and O–H groups in total. The molecule has 2 fully saturated rings. The lowest BCUT2D eigenvalue weighted by atomic mass is 9.74. The Morgan fingerprint density at radius 1 is 0.632 bits per heavy atom. The number of hydrogen-bond donors (Lipinski definition) is 0. The molecule has 0 amide bonds. The van der Waals surface area contributed by atoms with Gasteiger partial charge >= 0.3 is 0 Å². The zero-order valence-corrected chi connectivity index (χ0v) is 14.3. The van der Waals surface area contributed by atoms with Crippen molar-refractivity contribution in [3.8, 4) is 0 Å². The molecule has 4 unspecified atom stereocenters. The molecule has 0 aromatic heterocycles. The molecule has 0 aromatic rings. The van der Waals surface area contributed by atoms with E-state index in [-0.39, 0.29) is 0 Å². The molecule has 112 valence electrons. The quantitative estimate of drug-likeness (QED) is 0.622. The lowest BCUT2D eigenvalue weighted by Crippen LogP contribution is -2.29. The summed E-state index contributed by atoms with van der Waals surface area (Å²) in [4.78, 5) is 0. The Hall–Kier alpha value is 0.350. The zero-order chi connectivity index (χ0) is 13.8. The highest BCUT2D eigenvalue weighted by Gasteiger charge is 2.30. The third-order valence-electron chi connectivity index (χ3n) is 6.18. The Balaban J connectivity index is 1.75. The van der Waals surface area contributed by atoms with Crippen LogP contribution in [0.15, 0.2) is 0 Å². The predicted molar refractivity (Wildman–Crippen MR) is 88.7 cm³/mol. The Bertz CT molecular complexity index is 216. The SMILES string of the molecule is CC1CCCC(C)C1CSCC1C(C)CCCC1C. The second-order valence-corrected chi connectivity index (χ2v) is 8.71. The van der Waals surface area contributed by atoms with Crippen LogP contribution < -0.4 is 0 Å². The average Bonchev–Trinajstić information content (AvgIpc) is 2.36. The van der Waals surface area contributed by atoms with Crippen LogP contribution in [-0.4, -0.2) is 11.5 Å². The topological polar surface area (TPSA) is 0 Å². The number of hydrogen-bond acceptors (Lipinski definition) is 1. The molecule has 0 nitrogen and oxygen atoms in total. The summed E-state index contributed by atoms with van der Waals surface area (Å²) in [6.45, 7) is 9.97. The maximum atomic E-state index is 2.49. The molecule has 4 atom stereocenters. The first-order valence-corrected chi connectivity index (χ1v) is 9.82. The maximum absolute atomic E-state index is 2.49. The predicted octanol–water partition coefficient (Wildman–Crippen LogP) is 5.86. The van der Waals surface area contributed by atoms with E-state index in [1.807, 2.05) is 0 Å². The Morgan fingerprint density at radius 3 is 1.26 bits per heavy atom. The zero-order valence-electron chi connectivity index (χ0n) is 13.5. The molecule has 2 aliphatic rings. The van der Waals surface area contributed by atoms with Crippen molar-refractivity contribution < 1.29 is 0 Å². The molecule has 0 heterocycles. The smallest absolute Gasteiger partial charge is 0.00339 e. The van der Waals surface area contributed by atoms with E-state index in [2.05, 4.69) is 39.5 Å². The lowest BCUT2D eigenvalue weighted by Gasteiger charge is -2.37. The summed E-state index contributed by atoms with van der Waals surface area (Å²) in [6.07, 6.45) is 8.86. The van der Waals surface area contributed by atoms with Crippen molar-refractivity contribution in [2.75, 3.05) is 11.5 Å². The summed E-state index contributed by atoms with van der Waals surface area (Å²) >= 11 is 2.28. The van der Waals surface area contributed by atoms with Crippen LogP contribution in [0, 0.1) is 35.5 Å². The average molecular weight is 283 g/mol. The van der Waals surface area contributed by atoms with Gasteiger partial charge in [-0.2, -0.15) is 11.8 Å². The molecular formula is C18H34S. The molecule has 19 heavy (non-hydrogen) atoms. The van der Waals surface area contributed by atoms with Gasteiger partial charge in [0.2, 0.25) is 0 Å². The van der Waals surface area contributed by atoms with Crippen LogP contribution in [0.5, 0.6) is 0 Å². The van der Waals surface area contributed by atoms with Crippen LogP contribution in [-0.2, 0) is 0 Å². The third-order valence-corrected chi connectivity index (χ3v) is 7.42. The molecule has 1 heteroatoms. The fraction of sp³-hybridized carbons (Fsp3) is 1.00. The van der Waals surface area contributed by atoms with Gasteiger partial charge in [-0.05, 0) is 47.0 Å². The van der Waals surface area contributed by atoms with Crippen molar-refractivity contribution in [3.63, 3.8) is 0 Å². The van der Waals surface area contributed by atoms with Gasteiger partial charge in [-0.3, -0.25) is 0 Å². The van der Waals surface area contributed by atoms with Gasteiger partial charge in [0.1, 0.15) is 0 Å². The third kappa shape index (κ3) is 4.16. The molecule has 0 aromatic carbocycles. The van der Waals surface area contributed by atoms with E-state index < -0.39 is 0 Å². The molecule has 0 radical (unpaired) electrons. The minimum atomic E-state index is 0.970. The Labute approximate surface area is 125 Å². The van der Waals surface area contributed by atoms with Crippen LogP contribution in [0.25, 0.3) is 0 Å². The van der Waals surface area contributed by atoms with Crippen LogP contribution >= 0.6 is 11.8 Å². The van der Waals surface area contributed by atoms with Gasteiger partial charge in [0.05, 0.1) is 0 Å².